The lowest BCUT2D eigenvalue weighted by Gasteiger charge is -2.46. The van der Waals surface area contributed by atoms with E-state index in [4.69, 9.17) is 0 Å². The summed E-state index contributed by atoms with van der Waals surface area (Å²) in [4.78, 5) is 28.3. The van der Waals surface area contributed by atoms with E-state index in [1.165, 1.54) is 12.4 Å². The zero-order valence-corrected chi connectivity index (χ0v) is 23.9. The summed E-state index contributed by atoms with van der Waals surface area (Å²) in [5.41, 5.74) is 0.185. The molecule has 5 rings (SSSR count). The topological polar surface area (TPSA) is 111 Å². The largest absolute Gasteiger partial charge is 0.431 e. The van der Waals surface area contributed by atoms with Gasteiger partial charge in [0.15, 0.2) is 11.6 Å². The van der Waals surface area contributed by atoms with Crippen molar-refractivity contribution in [3.63, 3.8) is 0 Å². The van der Waals surface area contributed by atoms with Crippen LogP contribution in [0.4, 0.5) is 26.2 Å². The number of halogens is 2. The van der Waals surface area contributed by atoms with Crippen molar-refractivity contribution in [3.05, 3.63) is 23.7 Å². The zero-order chi connectivity index (χ0) is 28.5. The molecular weight excluding hydrogens is 526 g/mol. The molecule has 0 aliphatic carbocycles. The predicted octanol–water partition coefficient (Wildman–Crippen LogP) is 4.13. The van der Waals surface area contributed by atoms with Crippen LogP contribution in [0.15, 0.2) is 12.4 Å². The minimum Gasteiger partial charge on any atom is -0.431 e. The first-order valence-electron chi connectivity index (χ1n) is 13.1. The van der Waals surface area contributed by atoms with E-state index < -0.39 is 12.0 Å². The van der Waals surface area contributed by atoms with Gasteiger partial charge in [-0.25, -0.2) is 9.97 Å². The van der Waals surface area contributed by atoms with Crippen LogP contribution in [0.5, 0.6) is 5.75 Å². The highest BCUT2D eigenvalue weighted by molar-refractivity contribution is 8.02. The Morgan fingerprint density at radius 1 is 1.21 bits per heavy atom. The highest BCUT2D eigenvalue weighted by Gasteiger charge is 2.46. The summed E-state index contributed by atoms with van der Waals surface area (Å²) in [7, 11) is 0. The van der Waals surface area contributed by atoms with E-state index in [0.717, 1.165) is 23.6 Å². The number of hydrogen-bond donors (Lipinski definition) is 0. The number of anilines is 3. The molecule has 2 fully saturated rings. The first-order chi connectivity index (χ1) is 18.5. The summed E-state index contributed by atoms with van der Waals surface area (Å²) in [6, 6.07) is 3.03. The van der Waals surface area contributed by atoms with Crippen molar-refractivity contribution >= 4 is 35.1 Å². The molecule has 2 aromatic rings. The van der Waals surface area contributed by atoms with E-state index in [1.54, 1.807) is 22.7 Å². The van der Waals surface area contributed by atoms with Crippen molar-refractivity contribution in [2.45, 2.75) is 70.8 Å². The molecule has 0 saturated carbocycles. The molecule has 2 atom stereocenters. The van der Waals surface area contributed by atoms with E-state index in [9.17, 15) is 18.8 Å². The maximum Gasteiger partial charge on any atom is 0.387 e. The van der Waals surface area contributed by atoms with Crippen LogP contribution in [-0.4, -0.2) is 80.3 Å². The number of carbonyl (C=O) groups is 1. The maximum absolute atomic E-state index is 13.2. The Morgan fingerprint density at radius 3 is 2.49 bits per heavy atom. The monoisotopic (exact) mass is 560 g/mol. The summed E-state index contributed by atoms with van der Waals surface area (Å²) in [5.74, 6) is 2.52. The Balaban J connectivity index is 0.00000172. The Kier molecular flexibility index (Phi) is 8.16. The van der Waals surface area contributed by atoms with Gasteiger partial charge < -0.3 is 19.4 Å². The predicted molar refractivity (Wildman–Crippen MR) is 146 cm³/mol. The molecule has 5 heterocycles. The SMILES string of the molecule is CC.CC1CN(c2ncnc3c2C(C)(C)CN3c2cc(OC(F)F)c(C#N)nn2)CCN1C(=O)C1(C)CCS1. The average Bonchev–Trinajstić information content (AvgIpc) is 3.18. The Morgan fingerprint density at radius 2 is 1.90 bits per heavy atom. The van der Waals surface area contributed by atoms with Gasteiger partial charge in [-0.05, 0) is 26.0 Å². The maximum atomic E-state index is 13.2. The third-order valence-corrected chi connectivity index (χ3v) is 8.70. The van der Waals surface area contributed by atoms with E-state index >= 15 is 0 Å². The Bertz CT molecular complexity index is 1270. The van der Waals surface area contributed by atoms with Gasteiger partial charge in [0.2, 0.25) is 11.6 Å². The van der Waals surface area contributed by atoms with Crippen molar-refractivity contribution in [1.82, 2.24) is 25.1 Å². The quantitative estimate of drug-likeness (QED) is 0.529. The lowest BCUT2D eigenvalue weighted by molar-refractivity contribution is -0.136. The second kappa shape index (κ2) is 11.1. The van der Waals surface area contributed by atoms with Crippen molar-refractivity contribution in [2.24, 2.45) is 0 Å². The van der Waals surface area contributed by atoms with Gasteiger partial charge >= 0.3 is 6.61 Å². The zero-order valence-electron chi connectivity index (χ0n) is 23.1. The molecule has 2 aromatic heterocycles. The lowest BCUT2D eigenvalue weighted by Crippen LogP contribution is -2.60. The number of amides is 1. The van der Waals surface area contributed by atoms with Gasteiger partial charge in [0.25, 0.3) is 0 Å². The molecule has 10 nitrogen and oxygen atoms in total. The number of thioether (sulfide) groups is 1. The van der Waals surface area contributed by atoms with Crippen LogP contribution >= 0.6 is 11.8 Å². The molecule has 210 valence electrons. The minimum atomic E-state index is -3.10. The molecule has 2 saturated heterocycles. The van der Waals surface area contributed by atoms with E-state index in [2.05, 4.69) is 50.6 Å². The molecule has 0 aromatic carbocycles. The second-order valence-corrected chi connectivity index (χ2v) is 12.0. The summed E-state index contributed by atoms with van der Waals surface area (Å²) >= 11 is 1.72. The third-order valence-electron chi connectivity index (χ3n) is 7.28. The van der Waals surface area contributed by atoms with Gasteiger partial charge in [-0.15, -0.1) is 22.0 Å². The van der Waals surface area contributed by atoms with Gasteiger partial charge in [0.1, 0.15) is 24.0 Å². The number of nitrogens with zero attached hydrogens (tertiary/aromatic N) is 8. The number of carbonyl (C=O) groups excluding carboxylic acids is 1. The first-order valence-corrected chi connectivity index (χ1v) is 14.1. The third kappa shape index (κ3) is 5.31. The number of fused-ring (bicyclic) bond motifs is 1. The van der Waals surface area contributed by atoms with Crippen LogP contribution in [0.25, 0.3) is 0 Å². The molecule has 1 amide bonds. The fourth-order valence-corrected chi connectivity index (χ4v) is 6.31. The summed E-state index contributed by atoms with van der Waals surface area (Å²) in [6.45, 7) is 11.4. The van der Waals surface area contributed by atoms with Crippen molar-refractivity contribution < 1.29 is 18.3 Å². The summed E-state index contributed by atoms with van der Waals surface area (Å²) in [5, 5.41) is 17.1. The fourth-order valence-electron chi connectivity index (χ4n) is 5.25. The normalized spacial score (nSPS) is 23.4. The molecule has 0 radical (unpaired) electrons. The molecular formula is C26H34F2N8O2S. The molecule has 39 heavy (non-hydrogen) atoms. The highest BCUT2D eigenvalue weighted by atomic mass is 32.2. The number of rotatable bonds is 5. The standard InChI is InChI=1S/C24H28F2N8O2S.C2H6/c1-14-11-32(6-7-33(14)21(35)24(4)5-8-37-24)19-18-20(29-13-28-19)34(12-23(18,2)3)17-9-16(36-22(25)26)15(10-27)30-31-17;1-2/h9,13-14,22H,5-8,11-12H2,1-4H3;1-2H3. The van der Waals surface area contributed by atoms with E-state index in [-0.39, 0.29) is 34.0 Å². The summed E-state index contributed by atoms with van der Waals surface area (Å²) < 4.78 is 30.0. The highest BCUT2D eigenvalue weighted by Crippen LogP contribution is 2.47. The number of nitriles is 1. The average molecular weight is 561 g/mol. The van der Waals surface area contributed by atoms with Crippen molar-refractivity contribution in [1.29, 1.82) is 5.26 Å². The van der Waals surface area contributed by atoms with Crippen LogP contribution in [-0.2, 0) is 10.2 Å². The Hall–Kier alpha value is -3.27. The van der Waals surface area contributed by atoms with E-state index in [0.29, 0.717) is 32.0 Å². The molecule has 0 bridgehead atoms. The number of hydrogen-bond acceptors (Lipinski definition) is 10. The van der Waals surface area contributed by atoms with Gasteiger partial charge in [-0.2, -0.15) is 14.0 Å². The molecule has 2 unspecified atom stereocenters. The molecule has 3 aliphatic rings. The number of aromatic nitrogens is 4. The van der Waals surface area contributed by atoms with Gasteiger partial charge in [-0.3, -0.25) is 4.79 Å². The van der Waals surface area contributed by atoms with Crippen LogP contribution in [0.1, 0.15) is 59.2 Å². The fraction of sp³-hybridized carbons (Fsp3) is 0.615. The van der Waals surface area contributed by atoms with Crippen LogP contribution < -0.4 is 14.5 Å². The smallest absolute Gasteiger partial charge is 0.387 e. The molecule has 0 spiro atoms. The van der Waals surface area contributed by atoms with Gasteiger partial charge in [-0.1, -0.05) is 27.7 Å². The van der Waals surface area contributed by atoms with Gasteiger partial charge in [0.05, 0.1) is 4.75 Å². The summed E-state index contributed by atoms with van der Waals surface area (Å²) in [6.07, 6.45) is 2.39. The van der Waals surface area contributed by atoms with Gasteiger partial charge in [0, 0.05) is 49.3 Å². The van der Waals surface area contributed by atoms with Crippen LogP contribution in [0.2, 0.25) is 0 Å². The number of ether oxygens (including phenoxy) is 1. The number of piperazine rings is 1. The Labute approximate surface area is 231 Å². The number of alkyl halides is 2. The second-order valence-electron chi connectivity index (χ2n) is 10.4. The molecule has 13 heteroatoms. The van der Waals surface area contributed by atoms with Crippen LogP contribution in [0, 0.1) is 11.3 Å². The molecule has 0 N–H and O–H groups in total. The minimum absolute atomic E-state index is 0.0176. The molecule has 3 aliphatic heterocycles. The van der Waals surface area contributed by atoms with Crippen molar-refractivity contribution in [2.75, 3.05) is 41.7 Å². The first kappa shape index (κ1) is 28.7. The van der Waals surface area contributed by atoms with Crippen LogP contribution in [0.3, 0.4) is 0 Å². The lowest BCUT2D eigenvalue weighted by atomic mass is 9.87. The van der Waals surface area contributed by atoms with E-state index in [1.807, 2.05) is 25.7 Å². The van der Waals surface area contributed by atoms with Crippen molar-refractivity contribution in [3.8, 4) is 11.8 Å².